The summed E-state index contributed by atoms with van der Waals surface area (Å²) in [6, 6.07) is 0. The van der Waals surface area contributed by atoms with Gasteiger partial charge in [-0.05, 0) is 70.5 Å². The van der Waals surface area contributed by atoms with Crippen LogP contribution in [0.15, 0.2) is 0 Å². The molecule has 1 amide bonds. The summed E-state index contributed by atoms with van der Waals surface area (Å²) < 4.78 is 0. The summed E-state index contributed by atoms with van der Waals surface area (Å²) in [6.45, 7) is 13.2. The second-order valence-electron chi connectivity index (χ2n) is 7.17. The van der Waals surface area contributed by atoms with Crippen LogP contribution in [0.1, 0.15) is 59.8 Å². The van der Waals surface area contributed by atoms with E-state index in [0.29, 0.717) is 0 Å². The molecule has 1 aliphatic heterocycles. The first kappa shape index (κ1) is 18.4. The number of rotatable bonds is 10. The molecule has 4 nitrogen and oxygen atoms in total. The topological polar surface area (TPSA) is 58.4 Å². The molecule has 1 heterocycles. The fourth-order valence-electron chi connectivity index (χ4n) is 3.12. The molecule has 2 atom stereocenters. The zero-order valence-corrected chi connectivity index (χ0v) is 14.5. The number of hydrogen-bond acceptors (Lipinski definition) is 3. The Hall–Kier alpha value is -0.610. The molecule has 1 aliphatic rings. The van der Waals surface area contributed by atoms with Crippen molar-refractivity contribution in [3.63, 3.8) is 0 Å². The van der Waals surface area contributed by atoms with Crippen LogP contribution in [0, 0.1) is 11.8 Å². The highest BCUT2D eigenvalue weighted by atomic mass is 16.1. The van der Waals surface area contributed by atoms with Crippen LogP contribution in [0.4, 0.5) is 0 Å². The molecule has 0 radical (unpaired) electrons. The SMILES string of the molecule is CCCNC(C)(CCCCN1CCC(C(C)C)C1)C(N)=O. The van der Waals surface area contributed by atoms with Gasteiger partial charge in [-0.2, -0.15) is 0 Å². The Balaban J connectivity index is 2.24. The number of nitrogens with two attached hydrogens (primary N) is 1. The lowest BCUT2D eigenvalue weighted by Crippen LogP contribution is -2.53. The van der Waals surface area contributed by atoms with Gasteiger partial charge in [0.05, 0.1) is 5.54 Å². The zero-order valence-electron chi connectivity index (χ0n) is 14.5. The van der Waals surface area contributed by atoms with Crippen molar-refractivity contribution in [2.24, 2.45) is 17.6 Å². The van der Waals surface area contributed by atoms with Crippen molar-refractivity contribution in [1.29, 1.82) is 0 Å². The minimum Gasteiger partial charge on any atom is -0.368 e. The summed E-state index contributed by atoms with van der Waals surface area (Å²) in [6.07, 6.45) is 5.41. The van der Waals surface area contributed by atoms with E-state index in [1.807, 2.05) is 6.92 Å². The van der Waals surface area contributed by atoms with E-state index in [-0.39, 0.29) is 5.91 Å². The maximum Gasteiger partial charge on any atom is 0.237 e. The molecule has 0 aliphatic carbocycles. The molecule has 0 aromatic rings. The molecule has 21 heavy (non-hydrogen) atoms. The smallest absolute Gasteiger partial charge is 0.237 e. The number of carbonyl (C=O) groups excluding carboxylic acids is 1. The number of amides is 1. The number of nitrogens with one attached hydrogen (secondary N) is 1. The number of unbranched alkanes of at least 4 members (excludes halogenated alkanes) is 1. The first-order valence-electron chi connectivity index (χ1n) is 8.66. The molecule has 3 N–H and O–H groups in total. The van der Waals surface area contributed by atoms with E-state index in [4.69, 9.17) is 5.73 Å². The normalized spacial score (nSPS) is 22.6. The van der Waals surface area contributed by atoms with Crippen LogP contribution in [0.2, 0.25) is 0 Å². The van der Waals surface area contributed by atoms with Gasteiger partial charge in [0, 0.05) is 6.54 Å². The van der Waals surface area contributed by atoms with Crippen LogP contribution in [0.25, 0.3) is 0 Å². The van der Waals surface area contributed by atoms with E-state index >= 15 is 0 Å². The van der Waals surface area contributed by atoms with Gasteiger partial charge < -0.3 is 16.0 Å². The highest BCUT2D eigenvalue weighted by Gasteiger charge is 2.29. The summed E-state index contributed by atoms with van der Waals surface area (Å²) in [5.74, 6) is 1.44. The van der Waals surface area contributed by atoms with Gasteiger partial charge in [0.2, 0.25) is 5.91 Å². The highest BCUT2D eigenvalue weighted by Crippen LogP contribution is 2.24. The van der Waals surface area contributed by atoms with Crippen LogP contribution >= 0.6 is 0 Å². The monoisotopic (exact) mass is 297 g/mol. The lowest BCUT2D eigenvalue weighted by atomic mass is 9.93. The number of nitrogens with zero attached hydrogens (tertiary/aromatic N) is 1. The Labute approximate surface area is 130 Å². The van der Waals surface area contributed by atoms with Gasteiger partial charge >= 0.3 is 0 Å². The van der Waals surface area contributed by atoms with Gasteiger partial charge in [-0.15, -0.1) is 0 Å². The number of primary amides is 1. The number of likely N-dealkylation sites (tertiary alicyclic amines) is 1. The molecular weight excluding hydrogens is 262 g/mol. The van der Waals surface area contributed by atoms with Gasteiger partial charge in [0.25, 0.3) is 0 Å². The summed E-state index contributed by atoms with van der Waals surface area (Å²) in [7, 11) is 0. The Morgan fingerprint density at radius 3 is 2.67 bits per heavy atom. The van der Waals surface area contributed by atoms with Crippen molar-refractivity contribution in [1.82, 2.24) is 10.2 Å². The molecule has 0 spiro atoms. The standard InChI is InChI=1S/C17H35N3O/c1-5-10-19-17(4,16(18)21)9-6-7-11-20-12-8-15(13-20)14(2)3/h14-15,19H,5-13H2,1-4H3,(H2,18,21). The van der Waals surface area contributed by atoms with Crippen LogP contribution in [-0.2, 0) is 4.79 Å². The average molecular weight is 297 g/mol. The third kappa shape index (κ3) is 5.95. The van der Waals surface area contributed by atoms with Crippen LogP contribution in [-0.4, -0.2) is 42.5 Å². The number of carbonyl (C=O) groups is 1. The van der Waals surface area contributed by atoms with Crippen molar-refractivity contribution in [3.05, 3.63) is 0 Å². The molecule has 2 unspecified atom stereocenters. The van der Waals surface area contributed by atoms with E-state index in [0.717, 1.165) is 50.6 Å². The first-order chi connectivity index (χ1) is 9.89. The summed E-state index contributed by atoms with van der Waals surface area (Å²) in [5, 5.41) is 3.31. The minimum atomic E-state index is -0.540. The van der Waals surface area contributed by atoms with Crippen molar-refractivity contribution < 1.29 is 4.79 Å². The minimum absolute atomic E-state index is 0.225. The molecule has 1 saturated heterocycles. The van der Waals surface area contributed by atoms with Gasteiger partial charge in [0.15, 0.2) is 0 Å². The van der Waals surface area contributed by atoms with E-state index in [1.54, 1.807) is 0 Å². The summed E-state index contributed by atoms with van der Waals surface area (Å²) in [4.78, 5) is 14.2. The Bertz CT molecular complexity index is 319. The Morgan fingerprint density at radius 1 is 1.43 bits per heavy atom. The molecule has 0 bridgehead atoms. The molecule has 124 valence electrons. The quantitative estimate of drug-likeness (QED) is 0.609. The third-order valence-corrected chi connectivity index (χ3v) is 4.96. The van der Waals surface area contributed by atoms with Crippen LogP contribution in [0.3, 0.4) is 0 Å². The van der Waals surface area contributed by atoms with Crippen LogP contribution in [0.5, 0.6) is 0 Å². The molecule has 1 rings (SSSR count). The van der Waals surface area contributed by atoms with Crippen molar-refractivity contribution >= 4 is 5.91 Å². The van der Waals surface area contributed by atoms with Gasteiger partial charge in [-0.1, -0.05) is 20.8 Å². The molecule has 0 aromatic heterocycles. The number of hydrogen-bond donors (Lipinski definition) is 2. The maximum absolute atomic E-state index is 11.6. The van der Waals surface area contributed by atoms with E-state index in [1.165, 1.54) is 19.5 Å². The predicted molar refractivity (Wildman–Crippen MR) is 89.1 cm³/mol. The first-order valence-corrected chi connectivity index (χ1v) is 8.66. The molecule has 0 saturated carbocycles. The predicted octanol–water partition coefficient (Wildman–Crippen LogP) is 2.38. The lowest BCUT2D eigenvalue weighted by Gasteiger charge is -2.28. The van der Waals surface area contributed by atoms with Gasteiger partial charge in [-0.25, -0.2) is 0 Å². The fraction of sp³-hybridized carbons (Fsp3) is 0.941. The summed E-state index contributed by atoms with van der Waals surface area (Å²) >= 11 is 0. The lowest BCUT2D eigenvalue weighted by molar-refractivity contribution is -0.124. The van der Waals surface area contributed by atoms with Crippen LogP contribution < -0.4 is 11.1 Å². The molecule has 0 aromatic carbocycles. The highest BCUT2D eigenvalue weighted by molar-refractivity contribution is 5.84. The van der Waals surface area contributed by atoms with E-state index in [2.05, 4.69) is 31.0 Å². The van der Waals surface area contributed by atoms with Gasteiger partial charge in [0.1, 0.15) is 0 Å². The average Bonchev–Trinajstić information content (AvgIpc) is 2.90. The van der Waals surface area contributed by atoms with Crippen molar-refractivity contribution in [2.45, 2.75) is 65.3 Å². The summed E-state index contributed by atoms with van der Waals surface area (Å²) in [5.41, 5.74) is 5.02. The second-order valence-corrected chi connectivity index (χ2v) is 7.17. The second kappa shape index (κ2) is 8.74. The fourth-order valence-corrected chi connectivity index (χ4v) is 3.12. The van der Waals surface area contributed by atoms with Gasteiger partial charge in [-0.3, -0.25) is 4.79 Å². The molecular formula is C17H35N3O. The third-order valence-electron chi connectivity index (χ3n) is 4.96. The molecule has 1 fully saturated rings. The van der Waals surface area contributed by atoms with Crippen molar-refractivity contribution in [3.8, 4) is 0 Å². The zero-order chi connectivity index (χ0) is 15.9. The Kier molecular flexibility index (Phi) is 7.67. The largest absolute Gasteiger partial charge is 0.368 e. The maximum atomic E-state index is 11.6. The van der Waals surface area contributed by atoms with Crippen molar-refractivity contribution in [2.75, 3.05) is 26.2 Å². The Morgan fingerprint density at radius 2 is 2.14 bits per heavy atom. The van der Waals surface area contributed by atoms with E-state index < -0.39 is 5.54 Å². The molecule has 4 heteroatoms. The van der Waals surface area contributed by atoms with E-state index in [9.17, 15) is 4.79 Å².